The molecule has 3 aliphatic rings. The van der Waals surface area contributed by atoms with E-state index in [9.17, 15) is 14.9 Å². The molecule has 0 amide bonds. The van der Waals surface area contributed by atoms with Crippen molar-refractivity contribution in [2.45, 2.75) is 38.6 Å². The van der Waals surface area contributed by atoms with Crippen LogP contribution in [0.1, 0.15) is 32.6 Å². The molecule has 0 radical (unpaired) electrons. The topological polar surface area (TPSA) is 120 Å². The van der Waals surface area contributed by atoms with Crippen molar-refractivity contribution in [2.75, 3.05) is 11.9 Å². The van der Waals surface area contributed by atoms with Gasteiger partial charge in [-0.1, -0.05) is 0 Å². The van der Waals surface area contributed by atoms with Gasteiger partial charge in [0, 0.05) is 12.1 Å². The number of hydrogen-bond acceptors (Lipinski definition) is 8. The third-order valence-electron chi connectivity index (χ3n) is 5.82. The number of anilines is 1. The van der Waals surface area contributed by atoms with Gasteiger partial charge < -0.3 is 14.5 Å². The molecular formula is C19H21ClN4O5. The number of ether oxygens (including phenoxy) is 1. The number of nitrogens with one attached hydrogen (secondary N) is 1. The van der Waals surface area contributed by atoms with E-state index in [1.807, 2.05) is 0 Å². The standard InChI is InChI=1S/C19H21ClN4O5/c1-2-28-18(25)16-10-3-5-11(6-4-10)17(16)22-14-9-12(21-19(20)23-14)13-7-8-15(29-13)24(26)27/h7-11,16-17H,2-6H2,1H3,(H,21,22,23)/t10?,11?,16-,17-/m0/s1. The maximum absolute atomic E-state index is 12.6. The number of nitrogens with zero attached hydrogens (tertiary/aromatic N) is 3. The second-order valence-corrected chi connectivity index (χ2v) is 7.76. The van der Waals surface area contributed by atoms with Crippen LogP contribution in [-0.2, 0) is 9.53 Å². The molecule has 9 nitrogen and oxygen atoms in total. The molecule has 2 heterocycles. The Hall–Kier alpha value is -2.68. The van der Waals surface area contributed by atoms with Crippen LogP contribution in [0.5, 0.6) is 0 Å². The molecule has 29 heavy (non-hydrogen) atoms. The zero-order chi connectivity index (χ0) is 20.5. The van der Waals surface area contributed by atoms with Crippen molar-refractivity contribution in [1.82, 2.24) is 9.97 Å². The van der Waals surface area contributed by atoms with Crippen molar-refractivity contribution >= 4 is 29.3 Å². The molecule has 3 fully saturated rings. The highest BCUT2D eigenvalue weighted by Gasteiger charge is 2.48. The predicted octanol–water partition coefficient (Wildman–Crippen LogP) is 4.08. The minimum absolute atomic E-state index is 0.0160. The molecule has 0 unspecified atom stereocenters. The third-order valence-corrected chi connectivity index (χ3v) is 5.98. The maximum Gasteiger partial charge on any atom is 0.433 e. The minimum atomic E-state index is -0.617. The second kappa shape index (κ2) is 7.98. The number of furan rings is 1. The number of carbonyl (C=O) groups is 1. The first-order valence-electron chi connectivity index (χ1n) is 9.68. The summed E-state index contributed by atoms with van der Waals surface area (Å²) in [6.45, 7) is 2.15. The zero-order valence-corrected chi connectivity index (χ0v) is 16.6. The van der Waals surface area contributed by atoms with Gasteiger partial charge >= 0.3 is 11.9 Å². The van der Waals surface area contributed by atoms with E-state index >= 15 is 0 Å². The molecule has 3 saturated carbocycles. The third kappa shape index (κ3) is 3.91. The molecule has 0 aliphatic heterocycles. The second-order valence-electron chi connectivity index (χ2n) is 7.43. The van der Waals surface area contributed by atoms with Crippen LogP contribution in [0.3, 0.4) is 0 Å². The van der Waals surface area contributed by atoms with E-state index in [4.69, 9.17) is 20.8 Å². The Morgan fingerprint density at radius 2 is 2.03 bits per heavy atom. The fourth-order valence-electron chi connectivity index (χ4n) is 4.59. The van der Waals surface area contributed by atoms with E-state index in [-0.39, 0.29) is 34.9 Å². The lowest BCUT2D eigenvalue weighted by molar-refractivity contribution is -0.401. The normalized spacial score (nSPS) is 25.6. The molecule has 5 rings (SSSR count). The van der Waals surface area contributed by atoms with Gasteiger partial charge in [0.25, 0.3) is 0 Å². The molecule has 2 aromatic heterocycles. The van der Waals surface area contributed by atoms with Crippen LogP contribution < -0.4 is 5.32 Å². The lowest BCUT2D eigenvalue weighted by atomic mass is 9.61. The van der Waals surface area contributed by atoms with Crippen molar-refractivity contribution in [3.8, 4) is 11.5 Å². The Bertz CT molecular complexity index is 925. The number of halogens is 1. The number of fused-ring (bicyclic) bond motifs is 3. The Labute approximate surface area is 172 Å². The Morgan fingerprint density at radius 1 is 1.31 bits per heavy atom. The summed E-state index contributed by atoms with van der Waals surface area (Å²) in [4.78, 5) is 31.2. The molecule has 0 saturated heterocycles. The monoisotopic (exact) mass is 420 g/mol. The van der Waals surface area contributed by atoms with Crippen molar-refractivity contribution in [3.63, 3.8) is 0 Å². The number of nitro groups is 1. The lowest BCUT2D eigenvalue weighted by Crippen LogP contribution is -2.52. The van der Waals surface area contributed by atoms with Gasteiger partial charge in [-0.25, -0.2) is 9.97 Å². The maximum atomic E-state index is 12.6. The number of hydrogen-bond donors (Lipinski definition) is 1. The minimum Gasteiger partial charge on any atom is -0.466 e. The van der Waals surface area contributed by atoms with E-state index in [1.165, 1.54) is 12.1 Å². The molecule has 3 aliphatic carbocycles. The Morgan fingerprint density at radius 3 is 2.69 bits per heavy atom. The summed E-state index contributed by atoms with van der Waals surface area (Å²) in [7, 11) is 0. The molecule has 1 N–H and O–H groups in total. The molecule has 10 heteroatoms. The van der Waals surface area contributed by atoms with Crippen LogP contribution in [0, 0.1) is 27.9 Å². The van der Waals surface area contributed by atoms with Crippen LogP contribution >= 0.6 is 11.6 Å². The first-order valence-corrected chi connectivity index (χ1v) is 10.1. The first kappa shape index (κ1) is 19.6. The quantitative estimate of drug-likeness (QED) is 0.321. The molecule has 0 spiro atoms. The van der Waals surface area contributed by atoms with E-state index < -0.39 is 4.92 Å². The van der Waals surface area contributed by atoms with Crippen LogP contribution in [0.15, 0.2) is 22.6 Å². The summed E-state index contributed by atoms with van der Waals surface area (Å²) in [5, 5.41) is 14.2. The van der Waals surface area contributed by atoms with Crippen molar-refractivity contribution < 1.29 is 18.9 Å². The molecular weight excluding hydrogens is 400 g/mol. The highest BCUT2D eigenvalue weighted by Crippen LogP contribution is 2.46. The summed E-state index contributed by atoms with van der Waals surface area (Å²) in [5.74, 6) is 0.515. The highest BCUT2D eigenvalue weighted by atomic mass is 35.5. The van der Waals surface area contributed by atoms with Gasteiger partial charge in [-0.05, 0) is 62.1 Å². The van der Waals surface area contributed by atoms with Gasteiger partial charge in [0.1, 0.15) is 16.4 Å². The van der Waals surface area contributed by atoms with Gasteiger partial charge in [0.05, 0.1) is 18.6 Å². The van der Waals surface area contributed by atoms with Gasteiger partial charge in [0.2, 0.25) is 5.28 Å². The predicted molar refractivity (Wildman–Crippen MR) is 104 cm³/mol. The van der Waals surface area contributed by atoms with E-state index in [0.29, 0.717) is 30.0 Å². The van der Waals surface area contributed by atoms with E-state index in [1.54, 1.807) is 13.0 Å². The van der Waals surface area contributed by atoms with Gasteiger partial charge in [-0.2, -0.15) is 0 Å². The number of aromatic nitrogens is 2. The molecule has 2 atom stereocenters. The smallest absolute Gasteiger partial charge is 0.433 e. The molecule has 2 aromatic rings. The summed E-state index contributed by atoms with van der Waals surface area (Å²) < 4.78 is 10.5. The Balaban J connectivity index is 1.61. The number of esters is 1. The van der Waals surface area contributed by atoms with Gasteiger partial charge in [-0.15, -0.1) is 0 Å². The Kier molecular flexibility index (Phi) is 5.40. The SMILES string of the molecule is CCOC(=O)[C@H]1C2CCC(CC2)[C@@H]1Nc1cc(-c2ccc([N+](=O)[O-])o2)nc(Cl)n1. The summed E-state index contributed by atoms with van der Waals surface area (Å²) in [6, 6.07) is 4.24. The molecule has 2 bridgehead atoms. The fraction of sp³-hybridized carbons (Fsp3) is 0.526. The van der Waals surface area contributed by atoms with Crippen LogP contribution in [0.25, 0.3) is 11.5 Å². The average Bonchev–Trinajstić information content (AvgIpc) is 3.19. The van der Waals surface area contributed by atoms with Crippen LogP contribution in [-0.4, -0.2) is 33.5 Å². The van der Waals surface area contributed by atoms with Crippen molar-refractivity contribution in [3.05, 3.63) is 33.6 Å². The number of carbonyl (C=O) groups excluding carboxylic acids is 1. The summed E-state index contributed by atoms with van der Waals surface area (Å²) >= 11 is 6.09. The highest BCUT2D eigenvalue weighted by molar-refractivity contribution is 6.28. The van der Waals surface area contributed by atoms with Gasteiger partial charge in [-0.3, -0.25) is 14.9 Å². The van der Waals surface area contributed by atoms with Crippen molar-refractivity contribution in [1.29, 1.82) is 0 Å². The number of rotatable bonds is 6. The fourth-order valence-corrected chi connectivity index (χ4v) is 4.77. The first-order chi connectivity index (χ1) is 14.0. The van der Waals surface area contributed by atoms with Crippen molar-refractivity contribution in [2.24, 2.45) is 17.8 Å². The zero-order valence-electron chi connectivity index (χ0n) is 15.8. The van der Waals surface area contributed by atoms with Crippen LogP contribution in [0.4, 0.5) is 11.7 Å². The molecule has 0 aromatic carbocycles. The largest absolute Gasteiger partial charge is 0.466 e. The van der Waals surface area contributed by atoms with E-state index in [2.05, 4.69) is 15.3 Å². The van der Waals surface area contributed by atoms with Gasteiger partial charge in [0.15, 0.2) is 5.76 Å². The summed E-state index contributed by atoms with van der Waals surface area (Å²) in [6.07, 6.45) is 4.15. The van der Waals surface area contributed by atoms with Crippen LogP contribution in [0.2, 0.25) is 5.28 Å². The molecule has 154 valence electrons. The van der Waals surface area contributed by atoms with E-state index in [0.717, 1.165) is 25.7 Å². The average molecular weight is 421 g/mol. The summed E-state index contributed by atoms with van der Waals surface area (Å²) in [5.41, 5.74) is 0.328. The lowest BCUT2D eigenvalue weighted by Gasteiger charge is -2.47.